The van der Waals surface area contributed by atoms with Crippen LogP contribution in [0.3, 0.4) is 0 Å². The molecule has 1 amide bonds. The van der Waals surface area contributed by atoms with Crippen LogP contribution in [0.15, 0.2) is 46.3 Å². The summed E-state index contributed by atoms with van der Waals surface area (Å²) >= 11 is 0. The number of benzene rings is 1. The highest BCUT2D eigenvalue weighted by molar-refractivity contribution is 7.92. The number of rotatable bonds is 5. The lowest BCUT2D eigenvalue weighted by molar-refractivity contribution is -0.115. The fourth-order valence-electron chi connectivity index (χ4n) is 2.61. The molecule has 0 aliphatic rings. The predicted octanol–water partition coefficient (Wildman–Crippen LogP) is 2.59. The largest absolute Gasteiger partial charge is 0.360 e. The number of carbonyl (C=O) groups excluding carboxylic acids is 1. The second-order valence-electron chi connectivity index (χ2n) is 6.37. The van der Waals surface area contributed by atoms with Crippen molar-refractivity contribution >= 4 is 21.6 Å². The van der Waals surface area contributed by atoms with Crippen LogP contribution in [0.1, 0.15) is 23.8 Å². The molecule has 3 rings (SSSR count). The van der Waals surface area contributed by atoms with Crippen LogP contribution in [0, 0.1) is 20.8 Å². The molecule has 0 saturated carbocycles. The van der Waals surface area contributed by atoms with Gasteiger partial charge in [-0.15, -0.1) is 0 Å². The number of imidazole rings is 1. The van der Waals surface area contributed by atoms with Gasteiger partial charge >= 0.3 is 0 Å². The fourth-order valence-corrected chi connectivity index (χ4v) is 3.91. The number of nitrogens with zero attached hydrogens (tertiary/aromatic N) is 3. The maximum Gasteiger partial charge on any atom is 0.244 e. The minimum absolute atomic E-state index is 0.164. The Morgan fingerprint density at radius 2 is 1.96 bits per heavy atom. The molecule has 0 spiro atoms. The number of sulfone groups is 1. The first kappa shape index (κ1) is 18.8. The molecule has 142 valence electrons. The van der Waals surface area contributed by atoms with Gasteiger partial charge in [0.25, 0.3) is 0 Å². The van der Waals surface area contributed by atoms with Crippen molar-refractivity contribution in [2.45, 2.75) is 38.1 Å². The zero-order chi connectivity index (χ0) is 19.8. The van der Waals surface area contributed by atoms with Crippen LogP contribution >= 0.6 is 0 Å². The van der Waals surface area contributed by atoms with Crippen molar-refractivity contribution in [3.8, 4) is 5.69 Å². The van der Waals surface area contributed by atoms with Crippen LogP contribution in [0.2, 0.25) is 0 Å². The van der Waals surface area contributed by atoms with E-state index < -0.39 is 21.0 Å². The van der Waals surface area contributed by atoms with E-state index in [0.29, 0.717) is 11.4 Å². The third-order valence-corrected chi connectivity index (χ3v) is 6.16. The molecular weight excluding hydrogens is 368 g/mol. The molecule has 1 N–H and O–H groups in total. The Balaban J connectivity index is 1.95. The Bertz CT molecular complexity index is 1100. The lowest BCUT2D eigenvalue weighted by Crippen LogP contribution is -2.34. The minimum atomic E-state index is -4.04. The lowest BCUT2D eigenvalue weighted by atomic mass is 10.1. The summed E-state index contributed by atoms with van der Waals surface area (Å²) in [6, 6.07) is 7.23. The monoisotopic (exact) mass is 388 g/mol. The highest BCUT2D eigenvalue weighted by Crippen LogP contribution is 2.23. The number of hydrogen-bond acceptors (Lipinski definition) is 6. The van der Waals surface area contributed by atoms with E-state index in [4.69, 9.17) is 4.52 Å². The van der Waals surface area contributed by atoms with Gasteiger partial charge in [-0.3, -0.25) is 9.36 Å². The van der Waals surface area contributed by atoms with Crippen molar-refractivity contribution in [2.24, 2.45) is 0 Å². The summed E-state index contributed by atoms with van der Waals surface area (Å²) in [5.74, 6) is -0.0393. The number of amides is 1. The van der Waals surface area contributed by atoms with Crippen molar-refractivity contribution in [3.05, 3.63) is 53.5 Å². The van der Waals surface area contributed by atoms with E-state index in [0.717, 1.165) is 11.1 Å². The number of nitrogens with one attached hydrogen (secondary N) is 1. The number of aromatic nitrogens is 3. The van der Waals surface area contributed by atoms with E-state index in [9.17, 15) is 13.2 Å². The molecule has 0 radical (unpaired) electrons. The van der Waals surface area contributed by atoms with Crippen LogP contribution in [-0.2, 0) is 14.6 Å². The van der Waals surface area contributed by atoms with Gasteiger partial charge in [0, 0.05) is 18.5 Å². The van der Waals surface area contributed by atoms with Crippen LogP contribution in [-0.4, -0.2) is 34.3 Å². The molecule has 1 aromatic carbocycles. The summed E-state index contributed by atoms with van der Waals surface area (Å²) in [5, 5.41) is 4.55. The topological polar surface area (TPSA) is 107 Å². The molecular formula is C18H20N4O4S. The standard InChI is InChI=1S/C18H20N4O4S/c1-11-5-6-12(2)15(9-11)22-8-7-19-18(22)27(24,25)14(4)17(23)20-16-10-13(3)26-21-16/h5-10,14H,1-4H3,(H,20,21,23). The molecule has 2 heterocycles. The molecule has 2 aromatic heterocycles. The van der Waals surface area contributed by atoms with Crippen molar-refractivity contribution in [1.82, 2.24) is 14.7 Å². The van der Waals surface area contributed by atoms with Gasteiger partial charge in [0.1, 0.15) is 11.0 Å². The van der Waals surface area contributed by atoms with Crippen molar-refractivity contribution in [3.63, 3.8) is 0 Å². The van der Waals surface area contributed by atoms with Crippen LogP contribution in [0.25, 0.3) is 5.69 Å². The van der Waals surface area contributed by atoms with Gasteiger partial charge < -0.3 is 9.84 Å². The first-order chi connectivity index (χ1) is 12.7. The minimum Gasteiger partial charge on any atom is -0.360 e. The maximum absolute atomic E-state index is 13.0. The SMILES string of the molecule is Cc1ccc(C)c(-n2ccnc2S(=O)(=O)C(C)C(=O)Nc2cc(C)on2)c1. The predicted molar refractivity (Wildman–Crippen MR) is 99.6 cm³/mol. The third-order valence-electron chi connectivity index (χ3n) is 4.20. The molecule has 1 atom stereocenters. The van der Waals surface area contributed by atoms with E-state index >= 15 is 0 Å². The molecule has 0 aliphatic carbocycles. The molecule has 0 saturated heterocycles. The third kappa shape index (κ3) is 3.63. The van der Waals surface area contributed by atoms with Gasteiger partial charge in [-0.2, -0.15) is 0 Å². The van der Waals surface area contributed by atoms with Gasteiger partial charge in [-0.1, -0.05) is 17.3 Å². The zero-order valence-corrected chi connectivity index (χ0v) is 16.2. The smallest absolute Gasteiger partial charge is 0.244 e. The molecule has 0 fully saturated rings. The Labute approximate surface area is 157 Å². The molecule has 9 heteroatoms. The number of hydrogen-bond donors (Lipinski definition) is 1. The van der Waals surface area contributed by atoms with Crippen LogP contribution in [0.5, 0.6) is 0 Å². The lowest BCUT2D eigenvalue weighted by Gasteiger charge is -2.15. The fraction of sp³-hybridized carbons (Fsp3) is 0.278. The zero-order valence-electron chi connectivity index (χ0n) is 15.4. The number of carbonyl (C=O) groups is 1. The molecule has 1 unspecified atom stereocenters. The van der Waals surface area contributed by atoms with Crippen molar-refractivity contribution in [2.75, 3.05) is 5.32 Å². The Morgan fingerprint density at radius 1 is 1.22 bits per heavy atom. The second-order valence-corrected chi connectivity index (χ2v) is 8.53. The van der Waals surface area contributed by atoms with E-state index in [1.807, 2.05) is 32.0 Å². The highest BCUT2D eigenvalue weighted by Gasteiger charge is 2.34. The van der Waals surface area contributed by atoms with E-state index in [-0.39, 0.29) is 11.0 Å². The average Bonchev–Trinajstić information content (AvgIpc) is 3.25. The number of aryl methyl sites for hydroxylation is 3. The summed E-state index contributed by atoms with van der Waals surface area (Å²) in [6.07, 6.45) is 2.97. The summed E-state index contributed by atoms with van der Waals surface area (Å²) < 4.78 is 32.4. The highest BCUT2D eigenvalue weighted by atomic mass is 32.2. The second kappa shape index (κ2) is 6.99. The maximum atomic E-state index is 13.0. The first-order valence-electron chi connectivity index (χ1n) is 8.29. The average molecular weight is 388 g/mol. The van der Waals surface area contributed by atoms with Gasteiger partial charge in [0.15, 0.2) is 5.82 Å². The summed E-state index contributed by atoms with van der Waals surface area (Å²) in [5.41, 5.74) is 2.58. The van der Waals surface area contributed by atoms with E-state index in [1.165, 1.54) is 23.8 Å². The van der Waals surface area contributed by atoms with Gasteiger partial charge in [-0.25, -0.2) is 13.4 Å². The Hall–Kier alpha value is -2.94. The molecule has 0 bridgehead atoms. The summed E-state index contributed by atoms with van der Waals surface area (Å²) in [6.45, 7) is 6.79. The van der Waals surface area contributed by atoms with E-state index in [1.54, 1.807) is 13.1 Å². The summed E-state index contributed by atoms with van der Waals surface area (Å²) in [7, 11) is -4.04. The Morgan fingerprint density at radius 3 is 2.63 bits per heavy atom. The van der Waals surface area contributed by atoms with Crippen molar-refractivity contribution in [1.29, 1.82) is 0 Å². The summed E-state index contributed by atoms with van der Waals surface area (Å²) in [4.78, 5) is 16.4. The van der Waals surface area contributed by atoms with Crippen molar-refractivity contribution < 1.29 is 17.7 Å². The normalized spacial score (nSPS) is 12.7. The molecule has 3 aromatic rings. The first-order valence-corrected chi connectivity index (χ1v) is 9.84. The molecule has 0 aliphatic heterocycles. The molecule has 27 heavy (non-hydrogen) atoms. The quantitative estimate of drug-likeness (QED) is 0.720. The molecule has 8 nitrogen and oxygen atoms in total. The van der Waals surface area contributed by atoms with E-state index in [2.05, 4.69) is 15.5 Å². The van der Waals surface area contributed by atoms with Gasteiger partial charge in [0.2, 0.25) is 20.9 Å². The Kier molecular flexibility index (Phi) is 4.88. The number of anilines is 1. The van der Waals surface area contributed by atoms with Crippen LogP contribution < -0.4 is 5.32 Å². The van der Waals surface area contributed by atoms with Gasteiger partial charge in [0.05, 0.1) is 5.69 Å². The van der Waals surface area contributed by atoms with Crippen LogP contribution in [0.4, 0.5) is 5.82 Å². The van der Waals surface area contributed by atoms with Gasteiger partial charge in [-0.05, 0) is 44.9 Å².